The Kier molecular flexibility index (Phi) is 7.55. The molecular formula is C21H30N2O7S. The predicted molar refractivity (Wildman–Crippen MR) is 113 cm³/mol. The number of carbonyl (C=O) groups excluding carboxylic acids is 2. The van der Waals surface area contributed by atoms with Gasteiger partial charge in [0.2, 0.25) is 10.0 Å². The third kappa shape index (κ3) is 5.55. The van der Waals surface area contributed by atoms with Crippen LogP contribution in [0.2, 0.25) is 0 Å². The second-order valence-electron chi connectivity index (χ2n) is 8.04. The molecule has 1 aromatic rings. The fourth-order valence-corrected chi connectivity index (χ4v) is 5.54. The summed E-state index contributed by atoms with van der Waals surface area (Å²) in [5, 5.41) is 12.9. The van der Waals surface area contributed by atoms with Crippen molar-refractivity contribution < 1.29 is 32.6 Å². The number of piperidine rings is 1. The van der Waals surface area contributed by atoms with Crippen molar-refractivity contribution in [1.82, 2.24) is 4.31 Å². The quantitative estimate of drug-likeness (QED) is 0.605. The predicted octanol–water partition coefficient (Wildman–Crippen LogP) is 2.05. The van der Waals surface area contributed by atoms with Crippen LogP contribution in [0.3, 0.4) is 0 Å². The van der Waals surface area contributed by atoms with Gasteiger partial charge >= 0.3 is 5.97 Å². The molecule has 172 valence electrons. The van der Waals surface area contributed by atoms with Crippen molar-refractivity contribution >= 4 is 27.6 Å². The van der Waals surface area contributed by atoms with E-state index in [1.807, 2.05) is 0 Å². The van der Waals surface area contributed by atoms with E-state index in [4.69, 9.17) is 9.47 Å². The lowest BCUT2D eigenvalue weighted by Crippen LogP contribution is -2.42. The van der Waals surface area contributed by atoms with Gasteiger partial charge in [-0.05, 0) is 56.7 Å². The van der Waals surface area contributed by atoms with E-state index in [1.54, 1.807) is 0 Å². The molecule has 0 aromatic heterocycles. The maximum atomic E-state index is 12.9. The second-order valence-corrected chi connectivity index (χ2v) is 9.98. The molecular weight excluding hydrogens is 424 g/mol. The highest BCUT2D eigenvalue weighted by molar-refractivity contribution is 7.89. The first-order valence-corrected chi connectivity index (χ1v) is 12.1. The molecule has 1 amide bonds. The average Bonchev–Trinajstić information content (AvgIpc) is 2.78. The van der Waals surface area contributed by atoms with Crippen molar-refractivity contribution in [2.75, 3.05) is 32.1 Å². The molecule has 1 heterocycles. The Morgan fingerprint density at radius 1 is 1.10 bits per heavy atom. The molecule has 0 radical (unpaired) electrons. The van der Waals surface area contributed by atoms with E-state index in [-0.39, 0.29) is 16.3 Å². The maximum Gasteiger partial charge on any atom is 0.338 e. The molecule has 10 heteroatoms. The summed E-state index contributed by atoms with van der Waals surface area (Å²) >= 11 is 0. The van der Waals surface area contributed by atoms with E-state index in [0.717, 1.165) is 38.5 Å². The van der Waals surface area contributed by atoms with Crippen LogP contribution in [-0.4, -0.2) is 62.1 Å². The zero-order chi connectivity index (χ0) is 22.5. The van der Waals surface area contributed by atoms with Gasteiger partial charge in [0.1, 0.15) is 5.75 Å². The van der Waals surface area contributed by atoms with Gasteiger partial charge < -0.3 is 19.9 Å². The molecule has 9 nitrogen and oxygen atoms in total. The van der Waals surface area contributed by atoms with Crippen LogP contribution in [0.4, 0.5) is 5.69 Å². The van der Waals surface area contributed by atoms with Crippen LogP contribution in [0, 0.1) is 0 Å². The molecule has 2 N–H and O–H groups in total. The van der Waals surface area contributed by atoms with Gasteiger partial charge in [0.05, 0.1) is 17.7 Å². The van der Waals surface area contributed by atoms with Crippen molar-refractivity contribution in [2.45, 2.75) is 61.9 Å². The van der Waals surface area contributed by atoms with E-state index in [1.165, 1.54) is 29.6 Å². The minimum Gasteiger partial charge on any atom is -0.495 e. The number of benzene rings is 1. The number of sulfonamides is 1. The maximum absolute atomic E-state index is 12.9. The van der Waals surface area contributed by atoms with Crippen LogP contribution in [0.1, 0.15) is 51.4 Å². The van der Waals surface area contributed by atoms with Gasteiger partial charge in [0.25, 0.3) is 5.91 Å². The fourth-order valence-electron chi connectivity index (χ4n) is 3.99. The van der Waals surface area contributed by atoms with Crippen LogP contribution in [0.15, 0.2) is 23.1 Å². The Balaban J connectivity index is 1.67. The summed E-state index contributed by atoms with van der Waals surface area (Å²) in [5.74, 6) is -1.18. The Hall–Kier alpha value is -2.17. The number of carbonyl (C=O) groups is 2. The molecule has 0 atom stereocenters. The Morgan fingerprint density at radius 2 is 1.74 bits per heavy atom. The SMILES string of the molecule is COc1ccc(S(=O)(=O)N2CCCCC2)cc1NC(=O)COC(=O)C1(O)CCCCC1. The van der Waals surface area contributed by atoms with Gasteiger partial charge in [0, 0.05) is 13.1 Å². The van der Waals surface area contributed by atoms with Crippen LogP contribution in [0.25, 0.3) is 0 Å². The van der Waals surface area contributed by atoms with E-state index >= 15 is 0 Å². The highest BCUT2D eigenvalue weighted by Crippen LogP contribution is 2.31. The number of aliphatic hydroxyl groups is 1. The zero-order valence-electron chi connectivity index (χ0n) is 17.8. The van der Waals surface area contributed by atoms with Gasteiger partial charge in [0.15, 0.2) is 12.2 Å². The van der Waals surface area contributed by atoms with E-state index < -0.39 is 34.1 Å². The summed E-state index contributed by atoms with van der Waals surface area (Å²) < 4.78 is 37.5. The summed E-state index contributed by atoms with van der Waals surface area (Å²) in [6.07, 6.45) is 5.68. The number of ether oxygens (including phenoxy) is 2. The number of methoxy groups -OCH3 is 1. The average molecular weight is 455 g/mol. The third-order valence-corrected chi connectivity index (χ3v) is 7.69. The Labute approximate surface area is 182 Å². The minimum absolute atomic E-state index is 0.0546. The molecule has 0 bridgehead atoms. The van der Waals surface area contributed by atoms with E-state index in [2.05, 4.69) is 5.32 Å². The number of amides is 1. The standard InChI is InChI=1S/C21H30N2O7S/c1-29-18-9-8-16(31(27,28)23-12-6-3-7-13-23)14-17(18)22-19(24)15-30-20(25)21(26)10-4-2-5-11-21/h8-9,14,26H,2-7,10-13,15H2,1H3,(H,22,24). The molecule has 3 rings (SSSR count). The Morgan fingerprint density at radius 3 is 2.39 bits per heavy atom. The van der Waals surface area contributed by atoms with Crippen LogP contribution in [-0.2, 0) is 24.3 Å². The number of nitrogens with one attached hydrogen (secondary N) is 1. The molecule has 1 saturated carbocycles. The van der Waals surface area contributed by atoms with Gasteiger partial charge in [-0.15, -0.1) is 0 Å². The minimum atomic E-state index is -3.69. The molecule has 0 spiro atoms. The van der Waals surface area contributed by atoms with Crippen molar-refractivity contribution in [1.29, 1.82) is 0 Å². The largest absolute Gasteiger partial charge is 0.495 e. The van der Waals surface area contributed by atoms with Crippen LogP contribution < -0.4 is 10.1 Å². The number of esters is 1. The topological polar surface area (TPSA) is 122 Å². The zero-order valence-corrected chi connectivity index (χ0v) is 18.6. The second kappa shape index (κ2) is 9.97. The molecule has 2 fully saturated rings. The highest BCUT2D eigenvalue weighted by Gasteiger charge is 2.39. The summed E-state index contributed by atoms with van der Waals surface area (Å²) in [4.78, 5) is 24.6. The third-order valence-electron chi connectivity index (χ3n) is 5.79. The Bertz CT molecular complexity index is 904. The summed E-state index contributed by atoms with van der Waals surface area (Å²) in [5.41, 5.74) is -1.38. The summed E-state index contributed by atoms with van der Waals surface area (Å²) in [6.45, 7) is 0.344. The number of hydrogen-bond acceptors (Lipinski definition) is 7. The first kappa shape index (κ1) is 23.5. The molecule has 0 unspecified atom stereocenters. The van der Waals surface area contributed by atoms with Crippen molar-refractivity contribution in [3.05, 3.63) is 18.2 Å². The molecule has 31 heavy (non-hydrogen) atoms. The summed E-state index contributed by atoms with van der Waals surface area (Å²) in [6, 6.07) is 4.26. The lowest BCUT2D eigenvalue weighted by Gasteiger charge is -2.29. The van der Waals surface area contributed by atoms with Crippen molar-refractivity contribution in [3.8, 4) is 5.75 Å². The molecule has 1 aliphatic carbocycles. The van der Waals surface area contributed by atoms with Gasteiger partial charge in [-0.2, -0.15) is 4.31 Å². The van der Waals surface area contributed by atoms with Crippen LogP contribution in [0.5, 0.6) is 5.75 Å². The van der Waals surface area contributed by atoms with Crippen molar-refractivity contribution in [3.63, 3.8) is 0 Å². The molecule has 1 saturated heterocycles. The smallest absolute Gasteiger partial charge is 0.338 e. The lowest BCUT2D eigenvalue weighted by molar-refractivity contribution is -0.170. The van der Waals surface area contributed by atoms with Crippen molar-refractivity contribution in [2.24, 2.45) is 0 Å². The van der Waals surface area contributed by atoms with Gasteiger partial charge in [-0.25, -0.2) is 13.2 Å². The highest BCUT2D eigenvalue weighted by atomic mass is 32.2. The number of hydrogen-bond donors (Lipinski definition) is 2. The molecule has 1 aromatic carbocycles. The van der Waals surface area contributed by atoms with Crippen LogP contribution >= 0.6 is 0 Å². The lowest BCUT2D eigenvalue weighted by atomic mass is 9.85. The molecule has 2 aliphatic rings. The number of nitrogens with zero attached hydrogens (tertiary/aromatic N) is 1. The van der Waals surface area contributed by atoms with Gasteiger partial charge in [-0.3, -0.25) is 4.79 Å². The first-order chi connectivity index (χ1) is 14.8. The van der Waals surface area contributed by atoms with Gasteiger partial charge in [-0.1, -0.05) is 12.8 Å². The van der Waals surface area contributed by atoms with E-state index in [0.29, 0.717) is 25.9 Å². The molecule has 1 aliphatic heterocycles. The fraction of sp³-hybridized carbons (Fsp3) is 0.619. The van der Waals surface area contributed by atoms with E-state index in [9.17, 15) is 23.1 Å². The normalized spacial score (nSPS) is 19.4. The number of anilines is 1. The monoisotopic (exact) mass is 454 g/mol. The summed E-state index contributed by atoms with van der Waals surface area (Å²) in [7, 11) is -2.28. The first-order valence-electron chi connectivity index (χ1n) is 10.6. The number of rotatable bonds is 7.